The van der Waals surface area contributed by atoms with Crippen molar-refractivity contribution in [3.63, 3.8) is 0 Å². The maximum absolute atomic E-state index is 2.32. The van der Waals surface area contributed by atoms with E-state index in [2.05, 4.69) is 19.2 Å². The van der Waals surface area contributed by atoms with Crippen LogP contribution in [0.15, 0.2) is 0 Å². The predicted octanol–water partition coefficient (Wildman–Crippen LogP) is 1.48. The molecule has 0 N–H and O–H groups in total. The molecule has 1 aliphatic rings. The third-order valence-electron chi connectivity index (χ3n) is 1.13. The molecular formula is C5H10S. The predicted molar refractivity (Wildman–Crippen MR) is 33.7 cm³/mol. The van der Waals surface area contributed by atoms with E-state index in [-0.39, 0.29) is 0 Å². The highest BCUT2D eigenvalue weighted by molar-refractivity contribution is 8.21. The van der Waals surface area contributed by atoms with Crippen molar-refractivity contribution < 1.29 is 0 Å². The summed E-state index contributed by atoms with van der Waals surface area (Å²) in [6.07, 6.45) is 0. The van der Waals surface area contributed by atoms with Crippen LogP contribution in [0.25, 0.3) is 0 Å². The average molecular weight is 102 g/mol. The molecule has 1 heteroatoms. The molecule has 1 aliphatic heterocycles. The molecule has 2 unspecified atom stereocenters. The molecule has 0 nitrogen and oxygen atoms in total. The van der Waals surface area contributed by atoms with E-state index in [1.54, 1.807) is 0 Å². The van der Waals surface area contributed by atoms with Crippen molar-refractivity contribution in [2.45, 2.75) is 19.1 Å². The standard InChI is InChI=1S/C5H10S/c1-3-6-4-5(6)2/h3,5H,4H2,1-2H3. The van der Waals surface area contributed by atoms with E-state index in [1.165, 1.54) is 5.75 Å². The van der Waals surface area contributed by atoms with Gasteiger partial charge in [0, 0.05) is 5.25 Å². The Morgan fingerprint density at radius 3 is 2.33 bits per heavy atom. The molecule has 0 aliphatic carbocycles. The fraction of sp³-hybridized carbons (Fsp3) is 0.800. The Morgan fingerprint density at radius 2 is 2.33 bits per heavy atom. The minimum Gasteiger partial charge on any atom is -0.185 e. The van der Waals surface area contributed by atoms with Gasteiger partial charge in [-0.25, -0.2) is 0 Å². The molecule has 0 bridgehead atoms. The second-order valence-corrected chi connectivity index (χ2v) is 4.23. The number of rotatable bonds is 0. The molecule has 1 saturated heterocycles. The Balaban J connectivity index is 2.44. The highest BCUT2D eigenvalue weighted by Gasteiger charge is 2.19. The molecule has 6 heavy (non-hydrogen) atoms. The highest BCUT2D eigenvalue weighted by atomic mass is 32.2. The molecule has 0 saturated carbocycles. The molecule has 0 spiro atoms. The second kappa shape index (κ2) is 1.38. The molecule has 0 aromatic heterocycles. The zero-order chi connectivity index (χ0) is 4.57. The Kier molecular flexibility index (Phi) is 1.00. The first-order valence-electron chi connectivity index (χ1n) is 2.32. The summed E-state index contributed by atoms with van der Waals surface area (Å²) in [4.78, 5) is 0. The van der Waals surface area contributed by atoms with Crippen LogP contribution in [0.2, 0.25) is 0 Å². The van der Waals surface area contributed by atoms with Gasteiger partial charge < -0.3 is 0 Å². The summed E-state index contributed by atoms with van der Waals surface area (Å²) in [5.41, 5.74) is 0. The van der Waals surface area contributed by atoms with Gasteiger partial charge in [0.15, 0.2) is 0 Å². The Hall–Kier alpha value is 0.220. The fourth-order valence-corrected chi connectivity index (χ4v) is 1.92. The molecule has 1 rings (SSSR count). The van der Waals surface area contributed by atoms with Gasteiger partial charge >= 0.3 is 0 Å². The van der Waals surface area contributed by atoms with Crippen LogP contribution >= 0.6 is 10.5 Å². The lowest BCUT2D eigenvalue weighted by molar-refractivity contribution is 1.25. The van der Waals surface area contributed by atoms with E-state index in [1.807, 2.05) is 0 Å². The molecular weight excluding hydrogens is 92.1 g/mol. The van der Waals surface area contributed by atoms with Gasteiger partial charge in [0.05, 0.1) is 0 Å². The minimum absolute atomic E-state index is 0.758. The third kappa shape index (κ3) is 0.648. The summed E-state index contributed by atoms with van der Waals surface area (Å²) in [5, 5.41) is 3.36. The van der Waals surface area contributed by atoms with Crippen molar-refractivity contribution in [1.29, 1.82) is 0 Å². The molecule has 2 atom stereocenters. The van der Waals surface area contributed by atoms with Gasteiger partial charge in [0.2, 0.25) is 0 Å². The maximum atomic E-state index is 2.32. The zero-order valence-electron chi connectivity index (χ0n) is 4.27. The van der Waals surface area contributed by atoms with E-state index in [4.69, 9.17) is 0 Å². The lowest BCUT2D eigenvalue weighted by atomic mass is 10.6. The summed E-state index contributed by atoms with van der Waals surface area (Å²) in [7, 11) is 0.758. The summed E-state index contributed by atoms with van der Waals surface area (Å²) in [5.74, 6) is 1.47. The molecule has 36 valence electrons. The molecule has 0 aromatic carbocycles. The summed E-state index contributed by atoms with van der Waals surface area (Å²) in [6.45, 7) is 4.47. The van der Waals surface area contributed by atoms with Crippen molar-refractivity contribution in [3.8, 4) is 0 Å². The van der Waals surface area contributed by atoms with Crippen LogP contribution in [0, 0.1) is 0 Å². The highest BCUT2D eigenvalue weighted by Crippen LogP contribution is 2.37. The monoisotopic (exact) mass is 102 g/mol. The van der Waals surface area contributed by atoms with Gasteiger partial charge in [0.1, 0.15) is 0 Å². The SMILES string of the molecule is CC=S1CC1C. The first-order valence-corrected chi connectivity index (χ1v) is 3.84. The van der Waals surface area contributed by atoms with Gasteiger partial charge in [-0.1, -0.05) is 12.3 Å². The van der Waals surface area contributed by atoms with Crippen LogP contribution in [-0.4, -0.2) is 16.4 Å². The van der Waals surface area contributed by atoms with E-state index >= 15 is 0 Å². The lowest BCUT2D eigenvalue weighted by Crippen LogP contribution is -1.59. The van der Waals surface area contributed by atoms with E-state index in [0.29, 0.717) is 0 Å². The van der Waals surface area contributed by atoms with E-state index in [9.17, 15) is 0 Å². The van der Waals surface area contributed by atoms with Crippen LogP contribution in [0.3, 0.4) is 0 Å². The van der Waals surface area contributed by atoms with Crippen molar-refractivity contribution in [2.24, 2.45) is 0 Å². The minimum atomic E-state index is 0.758. The van der Waals surface area contributed by atoms with E-state index < -0.39 is 0 Å². The number of hydrogen-bond acceptors (Lipinski definition) is 0. The van der Waals surface area contributed by atoms with Crippen molar-refractivity contribution in [1.82, 2.24) is 0 Å². The average Bonchev–Trinajstić information content (AvgIpc) is 2.19. The maximum Gasteiger partial charge on any atom is 0.00527 e. The van der Waals surface area contributed by atoms with Gasteiger partial charge in [-0.3, -0.25) is 0 Å². The topological polar surface area (TPSA) is 0 Å². The van der Waals surface area contributed by atoms with Crippen molar-refractivity contribution in [2.75, 3.05) is 5.75 Å². The first-order chi connectivity index (χ1) is 2.84. The number of hydrogen-bond donors (Lipinski definition) is 0. The van der Waals surface area contributed by atoms with Crippen molar-refractivity contribution >= 4 is 15.9 Å². The Morgan fingerprint density at radius 1 is 1.83 bits per heavy atom. The molecule has 1 fully saturated rings. The molecule has 0 aromatic rings. The summed E-state index contributed by atoms with van der Waals surface area (Å²) in [6, 6.07) is 0. The second-order valence-electron chi connectivity index (χ2n) is 1.68. The third-order valence-corrected chi connectivity index (χ3v) is 3.39. The Labute approximate surface area is 41.5 Å². The van der Waals surface area contributed by atoms with Gasteiger partial charge in [-0.05, 0) is 12.7 Å². The molecule has 1 heterocycles. The summed E-state index contributed by atoms with van der Waals surface area (Å²) < 4.78 is 0. The van der Waals surface area contributed by atoms with Crippen LogP contribution in [-0.2, 0) is 0 Å². The normalized spacial score (nSPS) is 43.7. The molecule has 0 radical (unpaired) electrons. The van der Waals surface area contributed by atoms with Crippen molar-refractivity contribution in [3.05, 3.63) is 0 Å². The van der Waals surface area contributed by atoms with Crippen LogP contribution in [0.1, 0.15) is 13.8 Å². The fourth-order valence-electron chi connectivity index (χ4n) is 0.560. The van der Waals surface area contributed by atoms with Crippen LogP contribution in [0.5, 0.6) is 0 Å². The lowest BCUT2D eigenvalue weighted by Gasteiger charge is -1.66. The first kappa shape index (κ1) is 4.38. The zero-order valence-corrected chi connectivity index (χ0v) is 5.09. The van der Waals surface area contributed by atoms with Gasteiger partial charge in [0.25, 0.3) is 0 Å². The smallest absolute Gasteiger partial charge is 0.00527 e. The largest absolute Gasteiger partial charge is 0.185 e. The van der Waals surface area contributed by atoms with Crippen LogP contribution < -0.4 is 0 Å². The van der Waals surface area contributed by atoms with E-state index in [0.717, 1.165) is 15.7 Å². The van der Waals surface area contributed by atoms with Gasteiger partial charge in [-0.15, -0.1) is 0 Å². The summed E-state index contributed by atoms with van der Waals surface area (Å²) >= 11 is 0. The van der Waals surface area contributed by atoms with Crippen LogP contribution in [0.4, 0.5) is 0 Å². The van der Waals surface area contributed by atoms with Gasteiger partial charge in [-0.2, -0.15) is 10.5 Å². The quantitative estimate of drug-likeness (QED) is 0.321. The molecule has 0 amide bonds. The Bertz CT molecular complexity index is 83.9.